The number of hydrogen-bond donors (Lipinski definition) is 2. The van der Waals surface area contributed by atoms with Gasteiger partial charge in [-0.25, -0.2) is 15.1 Å². The fourth-order valence-electron chi connectivity index (χ4n) is 4.66. The van der Waals surface area contributed by atoms with Crippen LogP contribution in [0.15, 0.2) is 23.4 Å². The minimum atomic E-state index is -4.82. The number of likely N-dealkylation sites (tertiary alicyclic amines) is 1. The van der Waals surface area contributed by atoms with Gasteiger partial charge in [0.2, 0.25) is 5.95 Å². The standard InChI is InChI=1S/C22H27F6N7O2/c1-13(32-17-10-31-33-19(36)18(17)22(26,27)28)12-37-16-4-7-35(11-16)15-2-5-34(6-3-15)20-29-8-14(9-30-20)21(23,24)25/h8-10,13,15-16H,2-7,11-12H2,1H3,(H2,32,33,36). The highest BCUT2D eigenvalue weighted by molar-refractivity contribution is 5.50. The summed E-state index contributed by atoms with van der Waals surface area (Å²) in [4.78, 5) is 23.5. The van der Waals surface area contributed by atoms with E-state index in [0.29, 0.717) is 19.6 Å². The molecule has 15 heteroatoms. The van der Waals surface area contributed by atoms with E-state index in [0.717, 1.165) is 44.4 Å². The molecular weight excluding hydrogens is 508 g/mol. The molecule has 4 rings (SSSR count). The molecule has 0 saturated carbocycles. The highest BCUT2D eigenvalue weighted by atomic mass is 19.4. The molecule has 2 aliphatic rings. The van der Waals surface area contributed by atoms with Crippen molar-refractivity contribution in [3.8, 4) is 0 Å². The zero-order chi connectivity index (χ0) is 26.8. The summed E-state index contributed by atoms with van der Waals surface area (Å²) in [5.74, 6) is 0.278. The molecular formula is C22H27F6N7O2. The number of ether oxygens (including phenoxy) is 1. The Morgan fingerprint density at radius 3 is 2.35 bits per heavy atom. The third kappa shape index (κ3) is 6.69. The highest BCUT2D eigenvalue weighted by Crippen LogP contribution is 2.32. The third-order valence-corrected chi connectivity index (χ3v) is 6.53. The molecule has 9 nitrogen and oxygen atoms in total. The maximum atomic E-state index is 13.2. The molecule has 4 heterocycles. The quantitative estimate of drug-likeness (QED) is 0.522. The SMILES string of the molecule is CC(COC1CCN(C2CCN(c3ncc(C(F)(F)F)cn3)CC2)C1)Nc1cn[nH]c(=O)c1C(F)(F)F. The zero-order valence-electron chi connectivity index (χ0n) is 19.9. The second kappa shape index (κ2) is 10.8. The lowest BCUT2D eigenvalue weighted by Crippen LogP contribution is -2.45. The van der Waals surface area contributed by atoms with E-state index in [1.54, 1.807) is 12.0 Å². The Morgan fingerprint density at radius 1 is 1.05 bits per heavy atom. The summed E-state index contributed by atoms with van der Waals surface area (Å²) in [7, 11) is 0. The van der Waals surface area contributed by atoms with Crippen LogP contribution in [0.4, 0.5) is 38.0 Å². The Bertz CT molecular complexity index is 1100. The average Bonchev–Trinajstić information content (AvgIpc) is 3.31. The largest absolute Gasteiger partial charge is 0.423 e. The van der Waals surface area contributed by atoms with E-state index in [1.807, 2.05) is 4.90 Å². The molecule has 0 spiro atoms. The van der Waals surface area contributed by atoms with Gasteiger partial charge in [-0.3, -0.25) is 9.69 Å². The molecule has 2 aromatic rings. The summed E-state index contributed by atoms with van der Waals surface area (Å²) >= 11 is 0. The van der Waals surface area contributed by atoms with E-state index >= 15 is 0 Å². The van der Waals surface area contributed by atoms with Gasteiger partial charge in [0, 0.05) is 50.7 Å². The van der Waals surface area contributed by atoms with Crippen molar-refractivity contribution in [2.24, 2.45) is 0 Å². The summed E-state index contributed by atoms with van der Waals surface area (Å²) in [6, 6.07) is -0.211. The van der Waals surface area contributed by atoms with Crippen LogP contribution in [-0.4, -0.2) is 76.0 Å². The number of alkyl halides is 6. The number of aromatic nitrogens is 4. The summed E-state index contributed by atoms with van der Waals surface area (Å²) in [5, 5.41) is 7.91. The molecule has 0 aliphatic carbocycles. The molecule has 0 bridgehead atoms. The van der Waals surface area contributed by atoms with Crippen LogP contribution >= 0.6 is 0 Å². The number of rotatable bonds is 7. The molecule has 2 saturated heterocycles. The van der Waals surface area contributed by atoms with Crippen LogP contribution in [0.3, 0.4) is 0 Å². The Labute approximate surface area is 208 Å². The van der Waals surface area contributed by atoms with Crippen LogP contribution in [0.2, 0.25) is 0 Å². The first kappa shape index (κ1) is 27.1. The van der Waals surface area contributed by atoms with E-state index in [2.05, 4.69) is 25.3 Å². The van der Waals surface area contributed by atoms with Gasteiger partial charge in [0.25, 0.3) is 5.56 Å². The van der Waals surface area contributed by atoms with Gasteiger partial charge in [-0.2, -0.15) is 31.4 Å². The molecule has 204 valence electrons. The van der Waals surface area contributed by atoms with Gasteiger partial charge in [0.15, 0.2) is 0 Å². The van der Waals surface area contributed by atoms with E-state index < -0.39 is 40.8 Å². The molecule has 2 aromatic heterocycles. The van der Waals surface area contributed by atoms with E-state index in [1.165, 1.54) is 0 Å². The van der Waals surface area contributed by atoms with Crippen molar-refractivity contribution in [1.82, 2.24) is 25.1 Å². The number of halogens is 6. The number of nitrogens with zero attached hydrogens (tertiary/aromatic N) is 5. The molecule has 2 unspecified atom stereocenters. The molecule has 2 atom stereocenters. The fourth-order valence-corrected chi connectivity index (χ4v) is 4.66. The van der Waals surface area contributed by atoms with E-state index in [4.69, 9.17) is 4.74 Å². The van der Waals surface area contributed by atoms with Crippen LogP contribution in [0, 0.1) is 0 Å². The predicted molar refractivity (Wildman–Crippen MR) is 121 cm³/mol. The predicted octanol–water partition coefficient (Wildman–Crippen LogP) is 3.16. The van der Waals surface area contributed by atoms with E-state index in [-0.39, 0.29) is 24.7 Å². The van der Waals surface area contributed by atoms with Gasteiger partial charge in [0.05, 0.1) is 30.2 Å². The molecule has 2 aliphatic heterocycles. The Morgan fingerprint density at radius 2 is 1.73 bits per heavy atom. The summed E-state index contributed by atoms with van der Waals surface area (Å²) in [6.45, 7) is 4.52. The molecule has 0 amide bonds. The second-order valence-corrected chi connectivity index (χ2v) is 9.26. The van der Waals surface area contributed by atoms with Gasteiger partial charge >= 0.3 is 12.4 Å². The van der Waals surface area contributed by atoms with Crippen LogP contribution in [0.1, 0.15) is 37.3 Å². The van der Waals surface area contributed by atoms with Crippen molar-refractivity contribution in [2.45, 2.75) is 56.7 Å². The van der Waals surface area contributed by atoms with Gasteiger partial charge < -0.3 is 15.0 Å². The molecule has 0 radical (unpaired) electrons. The van der Waals surface area contributed by atoms with Crippen molar-refractivity contribution in [2.75, 3.05) is 43.0 Å². The number of aromatic amines is 1. The molecule has 2 fully saturated rings. The fraction of sp³-hybridized carbons (Fsp3) is 0.636. The van der Waals surface area contributed by atoms with Crippen molar-refractivity contribution >= 4 is 11.6 Å². The van der Waals surface area contributed by atoms with Gasteiger partial charge in [-0.1, -0.05) is 0 Å². The molecule has 0 aromatic carbocycles. The lowest BCUT2D eigenvalue weighted by atomic mass is 10.0. The van der Waals surface area contributed by atoms with Gasteiger partial charge in [0.1, 0.15) is 5.56 Å². The first-order valence-electron chi connectivity index (χ1n) is 11.8. The van der Waals surface area contributed by atoms with Crippen molar-refractivity contribution in [3.05, 3.63) is 40.1 Å². The van der Waals surface area contributed by atoms with E-state index in [9.17, 15) is 31.1 Å². The minimum Gasteiger partial charge on any atom is -0.378 e. The van der Waals surface area contributed by atoms with Crippen molar-refractivity contribution in [3.63, 3.8) is 0 Å². The highest BCUT2D eigenvalue weighted by Gasteiger charge is 2.38. The number of nitrogens with one attached hydrogen (secondary N) is 2. The Balaban J connectivity index is 1.22. The normalized spacial score (nSPS) is 20.8. The number of hydrogen-bond acceptors (Lipinski definition) is 8. The maximum Gasteiger partial charge on any atom is 0.423 e. The van der Waals surface area contributed by atoms with Crippen LogP contribution < -0.4 is 15.8 Å². The first-order chi connectivity index (χ1) is 17.4. The number of anilines is 2. The van der Waals surface area contributed by atoms with Gasteiger partial charge in [-0.05, 0) is 26.2 Å². The minimum absolute atomic E-state index is 0.0834. The first-order valence-corrected chi connectivity index (χ1v) is 11.8. The molecule has 2 N–H and O–H groups in total. The second-order valence-electron chi connectivity index (χ2n) is 9.26. The number of piperidine rings is 1. The number of H-pyrrole nitrogens is 1. The lowest BCUT2D eigenvalue weighted by molar-refractivity contribution is -0.139. The lowest BCUT2D eigenvalue weighted by Gasteiger charge is -2.36. The average molecular weight is 535 g/mol. The van der Waals surface area contributed by atoms with Crippen LogP contribution in [0.5, 0.6) is 0 Å². The summed E-state index contributed by atoms with van der Waals surface area (Å²) in [5.41, 5.74) is -3.92. The maximum absolute atomic E-state index is 13.2. The monoisotopic (exact) mass is 535 g/mol. The Kier molecular flexibility index (Phi) is 7.92. The zero-order valence-corrected chi connectivity index (χ0v) is 19.9. The van der Waals surface area contributed by atoms with Crippen LogP contribution in [0.25, 0.3) is 0 Å². The summed E-state index contributed by atoms with van der Waals surface area (Å²) < 4.78 is 83.7. The molecule has 37 heavy (non-hydrogen) atoms. The third-order valence-electron chi connectivity index (χ3n) is 6.53. The van der Waals surface area contributed by atoms with Crippen molar-refractivity contribution in [1.29, 1.82) is 0 Å². The summed E-state index contributed by atoms with van der Waals surface area (Å²) in [6.07, 6.45) is -4.49. The van der Waals surface area contributed by atoms with Crippen LogP contribution in [-0.2, 0) is 17.1 Å². The Hall–Kier alpha value is -2.94. The van der Waals surface area contributed by atoms with Crippen molar-refractivity contribution < 1.29 is 31.1 Å². The topological polar surface area (TPSA) is 99.3 Å². The smallest absolute Gasteiger partial charge is 0.378 e. The van der Waals surface area contributed by atoms with Gasteiger partial charge in [-0.15, -0.1) is 0 Å².